The Kier molecular flexibility index (Phi) is 6.48. The number of pyridine rings is 1. The van der Waals surface area contributed by atoms with E-state index < -0.39 is 6.04 Å². The van der Waals surface area contributed by atoms with Gasteiger partial charge in [0.1, 0.15) is 6.33 Å². The number of carbonyl (C=O) groups excluding carboxylic acids is 2. The fourth-order valence-electron chi connectivity index (χ4n) is 3.17. The van der Waals surface area contributed by atoms with Crippen molar-refractivity contribution in [3.63, 3.8) is 0 Å². The van der Waals surface area contributed by atoms with Gasteiger partial charge in [0.15, 0.2) is 5.82 Å². The van der Waals surface area contributed by atoms with Crippen LogP contribution in [0.3, 0.4) is 0 Å². The van der Waals surface area contributed by atoms with Crippen LogP contribution in [0.1, 0.15) is 31.2 Å². The molecular formula is C18H25N7O2. The average Bonchev–Trinajstić information content (AvgIpc) is 3.11. The van der Waals surface area contributed by atoms with Crippen LogP contribution >= 0.6 is 0 Å². The summed E-state index contributed by atoms with van der Waals surface area (Å²) in [6, 6.07) is 3.34. The number of hydrogen-bond acceptors (Lipinski definition) is 6. The molecule has 9 nitrogen and oxygen atoms in total. The Hall–Kier alpha value is -2.81. The summed E-state index contributed by atoms with van der Waals surface area (Å²) in [6.45, 7) is 5.05. The number of aromatic nitrogens is 4. The van der Waals surface area contributed by atoms with Crippen molar-refractivity contribution in [1.82, 2.24) is 35.3 Å². The molecule has 1 aliphatic heterocycles. The van der Waals surface area contributed by atoms with Crippen LogP contribution < -0.4 is 10.6 Å². The fraction of sp³-hybridized carbons (Fsp3) is 0.500. The molecule has 27 heavy (non-hydrogen) atoms. The summed E-state index contributed by atoms with van der Waals surface area (Å²) < 4.78 is 1.92. The largest absolute Gasteiger partial charge is 0.353 e. The Morgan fingerprint density at radius 1 is 1.44 bits per heavy atom. The number of rotatable bonds is 8. The number of piperazine rings is 1. The first kappa shape index (κ1) is 19.0. The molecular weight excluding hydrogens is 346 g/mol. The summed E-state index contributed by atoms with van der Waals surface area (Å²) in [6.07, 6.45) is 6.23. The number of hydrogen-bond donors (Lipinski definition) is 2. The lowest BCUT2D eigenvalue weighted by Crippen LogP contribution is -2.56. The van der Waals surface area contributed by atoms with Crippen LogP contribution in [0, 0.1) is 0 Å². The van der Waals surface area contributed by atoms with E-state index in [-0.39, 0.29) is 18.2 Å². The molecule has 0 aromatic carbocycles. The molecule has 2 aromatic rings. The lowest BCUT2D eigenvalue weighted by atomic mass is 10.1. The van der Waals surface area contributed by atoms with Crippen molar-refractivity contribution in [2.75, 3.05) is 13.1 Å². The summed E-state index contributed by atoms with van der Waals surface area (Å²) in [7, 11) is 0. The van der Waals surface area contributed by atoms with Gasteiger partial charge in [-0.05, 0) is 18.1 Å². The topological polar surface area (TPSA) is 105 Å². The summed E-state index contributed by atoms with van der Waals surface area (Å²) in [5.41, 5.74) is 1.02. The predicted molar refractivity (Wildman–Crippen MR) is 98.2 cm³/mol. The minimum Gasteiger partial charge on any atom is -0.353 e. The molecule has 9 heteroatoms. The quantitative estimate of drug-likeness (QED) is 0.681. The van der Waals surface area contributed by atoms with E-state index in [0.29, 0.717) is 32.0 Å². The molecule has 0 saturated carbocycles. The van der Waals surface area contributed by atoms with Gasteiger partial charge in [-0.1, -0.05) is 13.0 Å². The Labute approximate surface area is 158 Å². The van der Waals surface area contributed by atoms with Gasteiger partial charge >= 0.3 is 0 Å². The van der Waals surface area contributed by atoms with E-state index in [1.54, 1.807) is 18.7 Å². The van der Waals surface area contributed by atoms with Crippen molar-refractivity contribution in [2.24, 2.45) is 0 Å². The highest BCUT2D eigenvalue weighted by molar-refractivity contribution is 5.88. The smallest absolute Gasteiger partial charge is 0.237 e. The molecule has 3 heterocycles. The van der Waals surface area contributed by atoms with E-state index in [1.807, 2.05) is 21.6 Å². The van der Waals surface area contributed by atoms with Crippen molar-refractivity contribution in [3.05, 3.63) is 42.2 Å². The standard InChI is InChI=1S/C18H25N7O2/c1-2-7-25-13-22-23-16(25)11-21-17(26)9-15-18(27)20-6-8-24(15)12-14-4-3-5-19-10-14/h3-5,10,13,15H,2,6-9,11-12H2,1H3,(H,20,27)(H,21,26)/t15-/m1/s1. The molecule has 1 atom stereocenters. The third-order valence-electron chi connectivity index (χ3n) is 4.53. The van der Waals surface area contributed by atoms with Crippen molar-refractivity contribution in [3.8, 4) is 0 Å². The highest BCUT2D eigenvalue weighted by Gasteiger charge is 2.31. The third kappa shape index (κ3) is 5.10. The minimum atomic E-state index is -0.493. The molecule has 1 aliphatic rings. The zero-order valence-corrected chi connectivity index (χ0v) is 15.5. The second-order valence-electron chi connectivity index (χ2n) is 6.56. The Bertz CT molecular complexity index is 762. The summed E-state index contributed by atoms with van der Waals surface area (Å²) in [5, 5.41) is 13.6. The van der Waals surface area contributed by atoms with Gasteiger partial charge in [0.05, 0.1) is 19.0 Å². The molecule has 2 N–H and O–H groups in total. The van der Waals surface area contributed by atoms with E-state index in [1.165, 1.54) is 0 Å². The minimum absolute atomic E-state index is 0.105. The molecule has 2 amide bonds. The Morgan fingerprint density at radius 2 is 2.33 bits per heavy atom. The molecule has 2 aromatic heterocycles. The van der Waals surface area contributed by atoms with Crippen LogP contribution in [-0.2, 0) is 29.2 Å². The first-order chi connectivity index (χ1) is 13.2. The maximum Gasteiger partial charge on any atom is 0.237 e. The molecule has 1 fully saturated rings. The van der Waals surface area contributed by atoms with Gasteiger partial charge in [0, 0.05) is 38.6 Å². The molecule has 1 saturated heterocycles. The van der Waals surface area contributed by atoms with Gasteiger partial charge in [-0.25, -0.2) is 0 Å². The number of nitrogens with zero attached hydrogens (tertiary/aromatic N) is 5. The van der Waals surface area contributed by atoms with Crippen LogP contribution in [0.25, 0.3) is 0 Å². The van der Waals surface area contributed by atoms with Gasteiger partial charge in [0.2, 0.25) is 11.8 Å². The lowest BCUT2D eigenvalue weighted by Gasteiger charge is -2.34. The van der Waals surface area contributed by atoms with Gasteiger partial charge < -0.3 is 15.2 Å². The second-order valence-corrected chi connectivity index (χ2v) is 6.56. The molecule has 0 bridgehead atoms. The van der Waals surface area contributed by atoms with Crippen molar-refractivity contribution < 1.29 is 9.59 Å². The molecule has 0 aliphatic carbocycles. The molecule has 0 unspecified atom stereocenters. The van der Waals surface area contributed by atoms with E-state index in [2.05, 4.69) is 32.7 Å². The zero-order valence-electron chi connectivity index (χ0n) is 15.5. The molecule has 144 valence electrons. The monoisotopic (exact) mass is 371 g/mol. The molecule has 0 radical (unpaired) electrons. The molecule has 3 rings (SSSR count). The predicted octanol–water partition coefficient (Wildman–Crippen LogP) is 0.0900. The van der Waals surface area contributed by atoms with E-state index in [4.69, 9.17) is 0 Å². The van der Waals surface area contributed by atoms with Crippen LogP contribution in [0.15, 0.2) is 30.9 Å². The van der Waals surface area contributed by atoms with Gasteiger partial charge in [-0.3, -0.25) is 19.5 Å². The van der Waals surface area contributed by atoms with Gasteiger partial charge in [-0.2, -0.15) is 0 Å². The van der Waals surface area contributed by atoms with Crippen molar-refractivity contribution in [2.45, 2.75) is 45.4 Å². The number of aryl methyl sites for hydroxylation is 1. The first-order valence-electron chi connectivity index (χ1n) is 9.21. The Morgan fingerprint density at radius 3 is 3.11 bits per heavy atom. The van der Waals surface area contributed by atoms with E-state index >= 15 is 0 Å². The maximum atomic E-state index is 12.4. The Balaban J connectivity index is 1.58. The average molecular weight is 371 g/mol. The summed E-state index contributed by atoms with van der Waals surface area (Å²) >= 11 is 0. The van der Waals surface area contributed by atoms with Crippen molar-refractivity contribution in [1.29, 1.82) is 0 Å². The lowest BCUT2D eigenvalue weighted by molar-refractivity contribution is -0.134. The molecule has 0 spiro atoms. The number of nitrogens with one attached hydrogen (secondary N) is 2. The van der Waals surface area contributed by atoms with Crippen LogP contribution in [0.4, 0.5) is 0 Å². The van der Waals surface area contributed by atoms with Crippen LogP contribution in [0.2, 0.25) is 0 Å². The second kappa shape index (κ2) is 9.22. The summed E-state index contributed by atoms with van der Waals surface area (Å²) in [5.74, 6) is 0.416. The van der Waals surface area contributed by atoms with Gasteiger partial charge in [-0.15, -0.1) is 10.2 Å². The van der Waals surface area contributed by atoms with E-state index in [0.717, 1.165) is 18.5 Å². The van der Waals surface area contributed by atoms with Crippen molar-refractivity contribution >= 4 is 11.8 Å². The maximum absolute atomic E-state index is 12.4. The third-order valence-corrected chi connectivity index (χ3v) is 4.53. The fourth-order valence-corrected chi connectivity index (χ4v) is 3.17. The summed E-state index contributed by atoms with van der Waals surface area (Å²) in [4.78, 5) is 30.9. The highest BCUT2D eigenvalue weighted by atomic mass is 16.2. The number of amides is 2. The normalized spacial score (nSPS) is 17.5. The first-order valence-corrected chi connectivity index (χ1v) is 9.21. The van der Waals surface area contributed by atoms with E-state index in [9.17, 15) is 9.59 Å². The SMILES string of the molecule is CCCn1cnnc1CNC(=O)C[C@@H]1C(=O)NCCN1Cc1cccnc1. The number of carbonyl (C=O) groups is 2. The highest BCUT2D eigenvalue weighted by Crippen LogP contribution is 2.13. The van der Waals surface area contributed by atoms with Crippen LogP contribution in [0.5, 0.6) is 0 Å². The zero-order chi connectivity index (χ0) is 19.1. The van der Waals surface area contributed by atoms with Gasteiger partial charge in [0.25, 0.3) is 0 Å². The van der Waals surface area contributed by atoms with Crippen LogP contribution in [-0.4, -0.2) is 55.6 Å².